The summed E-state index contributed by atoms with van der Waals surface area (Å²) in [5, 5.41) is 63.0. The van der Waals surface area contributed by atoms with Crippen molar-refractivity contribution >= 4 is 11.9 Å². The van der Waals surface area contributed by atoms with E-state index in [1.165, 1.54) is 7.11 Å². The molecule has 214 valence electrons. The van der Waals surface area contributed by atoms with Crippen molar-refractivity contribution in [3.05, 3.63) is 0 Å². The molecule has 1 spiro atoms. The highest BCUT2D eigenvalue weighted by molar-refractivity contribution is 5.85. The van der Waals surface area contributed by atoms with Gasteiger partial charge in [-0.25, -0.2) is 0 Å². The molecule has 6 rings (SSSR count). The van der Waals surface area contributed by atoms with Crippen molar-refractivity contribution in [2.24, 2.45) is 34.5 Å². The van der Waals surface area contributed by atoms with E-state index in [1.54, 1.807) is 6.92 Å². The van der Waals surface area contributed by atoms with Gasteiger partial charge in [0.25, 0.3) is 0 Å². The molecule has 0 aromatic rings. The van der Waals surface area contributed by atoms with Gasteiger partial charge in [0.2, 0.25) is 0 Å². The van der Waals surface area contributed by atoms with E-state index in [2.05, 4.69) is 0 Å². The van der Waals surface area contributed by atoms with Gasteiger partial charge in [0.05, 0.1) is 43.4 Å². The minimum atomic E-state index is -1.61. The first-order chi connectivity index (χ1) is 17.9. The molecule has 14 atom stereocenters. The Bertz CT molecular complexity index is 1000. The fraction of sp³-hybridized carbons (Fsp3) is 0.923. The minimum Gasteiger partial charge on any atom is -0.469 e. The predicted molar refractivity (Wildman–Crippen MR) is 124 cm³/mol. The van der Waals surface area contributed by atoms with Crippen LogP contribution in [0.25, 0.3) is 0 Å². The van der Waals surface area contributed by atoms with Crippen molar-refractivity contribution in [3.8, 4) is 0 Å². The van der Waals surface area contributed by atoms with Crippen LogP contribution in [0, 0.1) is 34.5 Å². The molecule has 0 unspecified atom stereocenters. The Balaban J connectivity index is 1.32. The number of hydrogen-bond acceptors (Lipinski definition) is 12. The lowest BCUT2D eigenvalue weighted by atomic mass is 9.59. The van der Waals surface area contributed by atoms with E-state index < -0.39 is 89.2 Å². The van der Waals surface area contributed by atoms with Gasteiger partial charge in [0.1, 0.15) is 30.0 Å². The average molecular weight is 543 g/mol. The molecule has 6 N–H and O–H groups in total. The number of ether oxygens (including phenoxy) is 4. The molecule has 2 heterocycles. The molecular weight excluding hydrogens is 504 g/mol. The van der Waals surface area contributed by atoms with Crippen LogP contribution in [-0.4, -0.2) is 111 Å². The summed E-state index contributed by atoms with van der Waals surface area (Å²) in [6.45, 7) is 0.798. The Labute approximate surface area is 219 Å². The summed E-state index contributed by atoms with van der Waals surface area (Å²) >= 11 is 0. The minimum absolute atomic E-state index is 0.161. The van der Waals surface area contributed by atoms with Gasteiger partial charge in [0, 0.05) is 11.8 Å². The number of carbonyl (C=O) groups is 2. The van der Waals surface area contributed by atoms with Gasteiger partial charge < -0.3 is 49.6 Å². The zero-order chi connectivity index (χ0) is 27.4. The van der Waals surface area contributed by atoms with Crippen LogP contribution in [-0.2, 0) is 28.5 Å². The van der Waals surface area contributed by atoms with E-state index in [4.69, 9.17) is 18.9 Å². The maximum Gasteiger partial charge on any atom is 0.315 e. The van der Waals surface area contributed by atoms with E-state index in [1.807, 2.05) is 0 Å². The maximum absolute atomic E-state index is 13.5. The first kappa shape index (κ1) is 26.8. The van der Waals surface area contributed by atoms with Gasteiger partial charge in [-0.1, -0.05) is 0 Å². The van der Waals surface area contributed by atoms with Crippen molar-refractivity contribution in [1.82, 2.24) is 0 Å². The van der Waals surface area contributed by atoms with Crippen molar-refractivity contribution in [2.75, 3.05) is 20.3 Å². The van der Waals surface area contributed by atoms with Crippen LogP contribution in [0.1, 0.15) is 45.4 Å². The lowest BCUT2D eigenvalue weighted by Gasteiger charge is -2.44. The molecule has 12 nitrogen and oxygen atoms in total. The molecule has 38 heavy (non-hydrogen) atoms. The number of aliphatic hydroxyl groups excluding tert-OH is 5. The van der Waals surface area contributed by atoms with Gasteiger partial charge in [-0.05, 0) is 56.8 Å². The maximum atomic E-state index is 13.5. The number of aliphatic hydroxyl groups is 6. The Hall–Kier alpha value is -1.38. The summed E-state index contributed by atoms with van der Waals surface area (Å²) in [6, 6.07) is 0. The molecule has 6 aliphatic rings. The third-order valence-corrected chi connectivity index (χ3v) is 11.3. The Morgan fingerprint density at radius 3 is 2.53 bits per heavy atom. The van der Waals surface area contributed by atoms with Crippen LogP contribution in [0.5, 0.6) is 0 Å². The summed E-state index contributed by atoms with van der Waals surface area (Å²) in [4.78, 5) is 26.6. The Morgan fingerprint density at radius 1 is 1.11 bits per heavy atom. The number of rotatable bonds is 5. The highest BCUT2D eigenvalue weighted by atomic mass is 16.7. The van der Waals surface area contributed by atoms with Crippen LogP contribution >= 0.6 is 0 Å². The summed E-state index contributed by atoms with van der Waals surface area (Å²) in [6.07, 6.45) is -5.55. The average Bonchev–Trinajstić information content (AvgIpc) is 3.34. The first-order valence-corrected chi connectivity index (χ1v) is 13.5. The van der Waals surface area contributed by atoms with Gasteiger partial charge >= 0.3 is 11.9 Å². The lowest BCUT2D eigenvalue weighted by molar-refractivity contribution is -0.310. The second-order valence-electron chi connectivity index (χ2n) is 12.7. The normalized spacial score (nSPS) is 56.8. The van der Waals surface area contributed by atoms with E-state index in [9.17, 15) is 40.2 Å². The number of hydrogen-bond donors (Lipinski definition) is 6. The van der Waals surface area contributed by atoms with Crippen LogP contribution in [0.15, 0.2) is 0 Å². The first-order valence-electron chi connectivity index (χ1n) is 13.5. The van der Waals surface area contributed by atoms with Gasteiger partial charge in [-0.3, -0.25) is 9.59 Å². The van der Waals surface area contributed by atoms with Crippen molar-refractivity contribution in [1.29, 1.82) is 0 Å². The van der Waals surface area contributed by atoms with Crippen molar-refractivity contribution in [3.63, 3.8) is 0 Å². The molecule has 6 fully saturated rings. The fourth-order valence-electron chi connectivity index (χ4n) is 9.62. The van der Waals surface area contributed by atoms with Crippen LogP contribution in [0.4, 0.5) is 0 Å². The zero-order valence-electron chi connectivity index (χ0n) is 21.6. The van der Waals surface area contributed by atoms with E-state index in [0.717, 1.165) is 0 Å². The summed E-state index contributed by atoms with van der Waals surface area (Å²) in [7, 11) is 1.30. The molecule has 0 amide bonds. The summed E-state index contributed by atoms with van der Waals surface area (Å²) in [5.41, 5.74) is -4.35. The Morgan fingerprint density at radius 2 is 1.84 bits per heavy atom. The molecule has 0 radical (unpaired) electrons. The highest BCUT2D eigenvalue weighted by Crippen LogP contribution is 2.78. The summed E-state index contributed by atoms with van der Waals surface area (Å²) in [5.74, 6) is -2.80. The topological polar surface area (TPSA) is 192 Å². The number of carbonyl (C=O) groups excluding carboxylic acids is 2. The molecule has 4 aliphatic carbocycles. The van der Waals surface area contributed by atoms with Crippen molar-refractivity contribution in [2.45, 2.75) is 93.5 Å². The molecule has 4 saturated carbocycles. The predicted octanol–water partition coefficient (Wildman–Crippen LogP) is -1.78. The smallest absolute Gasteiger partial charge is 0.315 e. The van der Waals surface area contributed by atoms with Crippen LogP contribution < -0.4 is 0 Å². The third-order valence-electron chi connectivity index (χ3n) is 11.3. The van der Waals surface area contributed by atoms with Gasteiger partial charge in [-0.2, -0.15) is 0 Å². The van der Waals surface area contributed by atoms with E-state index >= 15 is 0 Å². The molecule has 0 aromatic carbocycles. The van der Waals surface area contributed by atoms with Crippen LogP contribution in [0.2, 0.25) is 0 Å². The molecular formula is C26H38O12. The monoisotopic (exact) mass is 542 g/mol. The summed E-state index contributed by atoms with van der Waals surface area (Å²) < 4.78 is 22.7. The second-order valence-corrected chi connectivity index (χ2v) is 12.7. The highest BCUT2D eigenvalue weighted by Gasteiger charge is 2.84. The zero-order valence-corrected chi connectivity index (χ0v) is 21.6. The van der Waals surface area contributed by atoms with E-state index in [0.29, 0.717) is 32.1 Å². The quantitative estimate of drug-likeness (QED) is 0.214. The number of esters is 2. The van der Waals surface area contributed by atoms with Crippen LogP contribution in [0.3, 0.4) is 0 Å². The fourth-order valence-corrected chi connectivity index (χ4v) is 9.62. The molecule has 2 aliphatic heterocycles. The SMILES string of the molecule is COC(=O)[C@H]1[C@H]2[C@@]3(CC[C@H](O)[C@@]2(C)C(=O)O3)[C@@H]2CC[C@@H]3C[C@@]21C[C@]3(O)CO[C@@H]1O[C@H](CO)[C@@H](O)[C@H](O)[C@H]1O. The third kappa shape index (κ3) is 3.14. The van der Waals surface area contributed by atoms with E-state index in [-0.39, 0.29) is 24.9 Å². The second kappa shape index (κ2) is 8.56. The van der Waals surface area contributed by atoms with Gasteiger partial charge in [0.15, 0.2) is 6.29 Å². The standard InChI is InChI=1S/C26H38O12/c1-23-14(28)5-6-26(38-22(23)33)13-4-3-11-7-24(13,15(19(23)26)20(32)35-2)9-25(11,34)10-36-21-18(31)17(30)16(29)12(8-27)37-21/h11-19,21,27-31,34H,3-10H2,1-2H3/t11-,12-,13-,14+,15-,16-,17+,18-,19-,21-,23-,24-,25+,26-/m1/s1. The lowest BCUT2D eigenvalue weighted by Crippen LogP contribution is -2.59. The van der Waals surface area contributed by atoms with Gasteiger partial charge in [-0.15, -0.1) is 0 Å². The Kier molecular flexibility index (Phi) is 6.04. The number of methoxy groups -OCH3 is 1. The molecule has 0 aromatic heterocycles. The van der Waals surface area contributed by atoms with Crippen molar-refractivity contribution < 1.29 is 59.2 Å². The number of fused-ring (bicyclic) bond motifs is 1. The molecule has 4 bridgehead atoms. The largest absolute Gasteiger partial charge is 0.469 e. The molecule has 2 saturated heterocycles. The molecule has 12 heteroatoms.